The van der Waals surface area contributed by atoms with E-state index in [4.69, 9.17) is 14.5 Å². The van der Waals surface area contributed by atoms with Crippen LogP contribution in [-0.2, 0) is 11.2 Å². The number of anilines is 1. The smallest absolute Gasteiger partial charge is 0.414 e. The molecule has 1 aromatic carbocycles. The third-order valence-electron chi connectivity index (χ3n) is 5.61. The van der Waals surface area contributed by atoms with Gasteiger partial charge in [0.15, 0.2) is 5.69 Å². The molecule has 7 heteroatoms. The van der Waals surface area contributed by atoms with E-state index in [0.717, 1.165) is 11.3 Å². The summed E-state index contributed by atoms with van der Waals surface area (Å²) in [5.74, 6) is -0.151. The number of para-hydroxylation sites is 1. The highest BCUT2D eigenvalue weighted by atomic mass is 16.6. The summed E-state index contributed by atoms with van der Waals surface area (Å²) >= 11 is 0. The fraction of sp³-hybridized carbons (Fsp3) is 0.345. The molecule has 1 aliphatic rings. The Labute approximate surface area is 213 Å². The number of likely N-dealkylation sites (N-methyl/N-ethyl adjacent to an activating group) is 1. The number of amides is 1. The quantitative estimate of drug-likeness (QED) is 0.295. The van der Waals surface area contributed by atoms with Gasteiger partial charge in [0.05, 0.1) is 11.4 Å². The number of esters is 1. The summed E-state index contributed by atoms with van der Waals surface area (Å²) in [6.07, 6.45) is 5.62. The number of hydrogen-bond acceptors (Lipinski definition) is 6. The summed E-state index contributed by atoms with van der Waals surface area (Å²) in [5.41, 5.74) is 3.49. The van der Waals surface area contributed by atoms with Crippen molar-refractivity contribution < 1.29 is 19.1 Å². The highest BCUT2D eigenvalue weighted by Gasteiger charge is 2.36. The van der Waals surface area contributed by atoms with Crippen LogP contribution in [0.5, 0.6) is 5.75 Å². The molecule has 0 saturated heterocycles. The normalized spacial score (nSPS) is 15.8. The number of carbonyl (C=O) groups is 2. The van der Waals surface area contributed by atoms with E-state index in [2.05, 4.69) is 11.9 Å². The second kappa shape index (κ2) is 11.2. The average Bonchev–Trinajstić information content (AvgIpc) is 3.14. The van der Waals surface area contributed by atoms with Gasteiger partial charge < -0.3 is 14.8 Å². The molecule has 2 heterocycles. The maximum Gasteiger partial charge on any atom is 0.414 e. The third kappa shape index (κ3) is 6.62. The number of pyridine rings is 1. The van der Waals surface area contributed by atoms with Gasteiger partial charge in [0.25, 0.3) is 0 Å². The molecule has 0 fully saturated rings. The first-order chi connectivity index (χ1) is 17.0. The van der Waals surface area contributed by atoms with E-state index in [1.807, 2.05) is 66.0 Å². The molecule has 36 heavy (non-hydrogen) atoms. The van der Waals surface area contributed by atoms with Crippen LogP contribution in [-0.4, -0.2) is 36.2 Å². The van der Waals surface area contributed by atoms with Gasteiger partial charge in [-0.05, 0) is 70.0 Å². The Morgan fingerprint density at radius 1 is 1.22 bits per heavy atom. The highest BCUT2D eigenvalue weighted by molar-refractivity contribution is 5.94. The minimum atomic E-state index is -0.624. The minimum Gasteiger partial charge on any atom is -0.443 e. The fourth-order valence-corrected chi connectivity index (χ4v) is 3.88. The average molecular weight is 490 g/mol. The maximum absolute atomic E-state index is 13.2. The standard InChI is InChI=1S/C29H35N3O4/c1-8-22(30-7)15-14-19(2)16-21-17-24-25(20(3)18-32(24)28(34)36-29(4,5)6)31-26(21)27(33)35-23-12-10-9-11-13-23/h8-15,17,20,30H,1,16,18H2,2-7H3/b19-14+,22-15+. The first-order valence-electron chi connectivity index (χ1n) is 12.0. The van der Waals surface area contributed by atoms with Gasteiger partial charge >= 0.3 is 12.1 Å². The lowest BCUT2D eigenvalue weighted by molar-refractivity contribution is 0.0582. The Kier molecular flexibility index (Phi) is 8.35. The van der Waals surface area contributed by atoms with Crippen LogP contribution >= 0.6 is 0 Å². The molecule has 1 unspecified atom stereocenters. The van der Waals surface area contributed by atoms with Crippen LogP contribution in [0.3, 0.4) is 0 Å². The molecule has 1 atom stereocenters. The van der Waals surface area contributed by atoms with Gasteiger partial charge in [-0.2, -0.15) is 0 Å². The molecule has 1 aliphatic heterocycles. The van der Waals surface area contributed by atoms with Gasteiger partial charge in [-0.15, -0.1) is 0 Å². The van der Waals surface area contributed by atoms with Gasteiger partial charge in [0.1, 0.15) is 11.4 Å². The number of carbonyl (C=O) groups excluding carboxylic acids is 2. The van der Waals surface area contributed by atoms with Gasteiger partial charge in [0, 0.05) is 25.2 Å². The second-order valence-electron chi connectivity index (χ2n) is 9.86. The van der Waals surface area contributed by atoms with Crippen LogP contribution in [0.15, 0.2) is 72.5 Å². The van der Waals surface area contributed by atoms with Crippen molar-refractivity contribution in [3.8, 4) is 5.75 Å². The van der Waals surface area contributed by atoms with Crippen molar-refractivity contribution in [2.45, 2.75) is 52.6 Å². The molecular weight excluding hydrogens is 454 g/mol. The molecule has 2 aromatic rings. The molecule has 7 nitrogen and oxygen atoms in total. The van der Waals surface area contributed by atoms with Crippen LogP contribution in [0.4, 0.5) is 10.5 Å². The number of nitrogens with one attached hydrogen (secondary N) is 1. The molecule has 0 aliphatic carbocycles. The van der Waals surface area contributed by atoms with Crippen LogP contribution in [0, 0.1) is 0 Å². The first kappa shape index (κ1) is 26.7. The van der Waals surface area contributed by atoms with Crippen LogP contribution in [0.2, 0.25) is 0 Å². The summed E-state index contributed by atoms with van der Waals surface area (Å²) in [4.78, 5) is 32.5. The van der Waals surface area contributed by atoms with Crippen molar-refractivity contribution >= 4 is 17.7 Å². The zero-order chi connectivity index (χ0) is 26.5. The molecule has 0 radical (unpaired) electrons. The Hall–Kier alpha value is -3.87. The Morgan fingerprint density at radius 2 is 1.92 bits per heavy atom. The maximum atomic E-state index is 13.2. The van der Waals surface area contributed by atoms with E-state index in [1.54, 1.807) is 35.2 Å². The largest absolute Gasteiger partial charge is 0.443 e. The summed E-state index contributed by atoms with van der Waals surface area (Å²) in [6.45, 7) is 13.7. The Bertz CT molecular complexity index is 1190. The number of fused-ring (bicyclic) bond motifs is 1. The highest BCUT2D eigenvalue weighted by Crippen LogP contribution is 2.37. The monoisotopic (exact) mass is 489 g/mol. The lowest BCUT2D eigenvalue weighted by Gasteiger charge is -2.25. The van der Waals surface area contributed by atoms with Crippen molar-refractivity contribution in [2.24, 2.45) is 0 Å². The number of benzene rings is 1. The number of nitrogens with zero attached hydrogens (tertiary/aromatic N) is 2. The lowest BCUT2D eigenvalue weighted by atomic mass is 10.0. The number of ether oxygens (including phenoxy) is 2. The van der Waals surface area contributed by atoms with Crippen LogP contribution < -0.4 is 15.0 Å². The van der Waals surface area contributed by atoms with E-state index in [1.165, 1.54) is 0 Å². The molecule has 1 amide bonds. The van der Waals surface area contributed by atoms with E-state index >= 15 is 0 Å². The molecule has 0 saturated carbocycles. The lowest BCUT2D eigenvalue weighted by Crippen LogP contribution is -2.36. The van der Waals surface area contributed by atoms with E-state index < -0.39 is 17.7 Å². The molecule has 0 spiro atoms. The zero-order valence-electron chi connectivity index (χ0n) is 21.9. The van der Waals surface area contributed by atoms with Crippen LogP contribution in [0.25, 0.3) is 0 Å². The number of rotatable bonds is 7. The van der Waals surface area contributed by atoms with Crippen molar-refractivity contribution in [3.05, 3.63) is 89.4 Å². The molecule has 1 N–H and O–H groups in total. The minimum absolute atomic E-state index is 0.0600. The summed E-state index contributed by atoms with van der Waals surface area (Å²) in [5, 5.41) is 3.06. The predicted molar refractivity (Wildman–Crippen MR) is 142 cm³/mol. The molecule has 190 valence electrons. The summed E-state index contributed by atoms with van der Waals surface area (Å²) in [7, 11) is 1.82. The Balaban J connectivity index is 2.04. The fourth-order valence-electron chi connectivity index (χ4n) is 3.88. The molecule has 1 aromatic heterocycles. The van der Waals surface area contributed by atoms with Gasteiger partial charge in [0.2, 0.25) is 0 Å². The van der Waals surface area contributed by atoms with Crippen molar-refractivity contribution in [1.29, 1.82) is 0 Å². The van der Waals surface area contributed by atoms with Crippen molar-refractivity contribution in [2.75, 3.05) is 18.5 Å². The number of allylic oxidation sites excluding steroid dienone is 4. The predicted octanol–water partition coefficient (Wildman–Crippen LogP) is 5.94. The molecule has 0 bridgehead atoms. The van der Waals surface area contributed by atoms with E-state index in [0.29, 0.717) is 35.7 Å². The molecule has 3 rings (SSSR count). The SMILES string of the molecule is C=C/C(=C\C=C(/C)Cc1cc2c(nc1C(=O)Oc1ccccc1)C(C)CN2C(=O)OC(C)(C)C)NC. The van der Waals surface area contributed by atoms with Crippen LogP contribution in [0.1, 0.15) is 62.3 Å². The van der Waals surface area contributed by atoms with Gasteiger partial charge in [-0.1, -0.05) is 43.4 Å². The first-order valence-corrected chi connectivity index (χ1v) is 12.0. The third-order valence-corrected chi connectivity index (χ3v) is 5.61. The van der Waals surface area contributed by atoms with E-state index in [9.17, 15) is 9.59 Å². The Morgan fingerprint density at radius 3 is 2.53 bits per heavy atom. The van der Waals surface area contributed by atoms with Gasteiger partial charge in [-0.25, -0.2) is 14.6 Å². The van der Waals surface area contributed by atoms with Crippen molar-refractivity contribution in [3.63, 3.8) is 0 Å². The number of hydrogen-bond donors (Lipinski definition) is 1. The van der Waals surface area contributed by atoms with E-state index in [-0.39, 0.29) is 11.6 Å². The second-order valence-corrected chi connectivity index (χ2v) is 9.86. The van der Waals surface area contributed by atoms with Crippen molar-refractivity contribution in [1.82, 2.24) is 10.3 Å². The molecular formula is C29H35N3O4. The summed E-state index contributed by atoms with van der Waals surface area (Å²) < 4.78 is 11.3. The summed E-state index contributed by atoms with van der Waals surface area (Å²) in [6, 6.07) is 10.8. The van der Waals surface area contributed by atoms with Gasteiger partial charge in [-0.3, -0.25) is 4.90 Å². The number of aromatic nitrogens is 1. The zero-order valence-corrected chi connectivity index (χ0v) is 21.9. The topological polar surface area (TPSA) is 80.8 Å².